The Hall–Kier alpha value is -2.27. The third-order valence-electron chi connectivity index (χ3n) is 3.23. The van der Waals surface area contributed by atoms with Crippen molar-refractivity contribution in [2.75, 3.05) is 0 Å². The molecule has 0 fully saturated rings. The highest BCUT2D eigenvalue weighted by molar-refractivity contribution is 7.16. The average Bonchev–Trinajstić information content (AvgIpc) is 2.74. The summed E-state index contributed by atoms with van der Waals surface area (Å²) in [6, 6.07) is 11.9. The van der Waals surface area contributed by atoms with Gasteiger partial charge in [-0.25, -0.2) is 4.39 Å². The van der Waals surface area contributed by atoms with Gasteiger partial charge in [-0.05, 0) is 37.3 Å². The zero-order valence-corrected chi connectivity index (χ0v) is 12.4. The van der Waals surface area contributed by atoms with Crippen molar-refractivity contribution in [3.8, 4) is 0 Å². The second kappa shape index (κ2) is 5.26. The minimum atomic E-state index is -0.291. The predicted molar refractivity (Wildman–Crippen MR) is 81.8 cm³/mol. The Labute approximate surface area is 125 Å². The summed E-state index contributed by atoms with van der Waals surface area (Å²) < 4.78 is 15.8. The number of carbonyl (C=O) groups excluding carboxylic acids is 1. The van der Waals surface area contributed by atoms with Crippen molar-refractivity contribution in [3.05, 3.63) is 64.2 Å². The number of carbonyl (C=O) groups is 1. The van der Waals surface area contributed by atoms with E-state index < -0.39 is 0 Å². The van der Waals surface area contributed by atoms with Crippen LogP contribution in [0.2, 0.25) is 0 Å². The Morgan fingerprint density at radius 3 is 2.81 bits per heavy atom. The van der Waals surface area contributed by atoms with Crippen LogP contribution in [0, 0.1) is 12.7 Å². The molecule has 0 aliphatic rings. The lowest BCUT2D eigenvalue weighted by atomic mass is 10.1. The second-order valence-electron chi connectivity index (χ2n) is 4.84. The van der Waals surface area contributed by atoms with Gasteiger partial charge in [-0.2, -0.15) is 4.99 Å². The quantitative estimate of drug-likeness (QED) is 0.678. The number of fused-ring (bicyclic) bond motifs is 1. The minimum Gasteiger partial charge on any atom is -0.319 e. The van der Waals surface area contributed by atoms with Gasteiger partial charge >= 0.3 is 0 Å². The number of halogens is 1. The van der Waals surface area contributed by atoms with Gasteiger partial charge in [0.05, 0.1) is 10.2 Å². The molecule has 106 valence electrons. The van der Waals surface area contributed by atoms with Crippen molar-refractivity contribution >= 4 is 27.5 Å². The highest BCUT2D eigenvalue weighted by Gasteiger charge is 2.07. The van der Waals surface area contributed by atoms with E-state index in [9.17, 15) is 9.18 Å². The molecule has 0 spiro atoms. The van der Waals surface area contributed by atoms with Crippen molar-refractivity contribution < 1.29 is 9.18 Å². The lowest BCUT2D eigenvalue weighted by Gasteiger charge is -1.97. The molecule has 0 radical (unpaired) electrons. The SMILES string of the molecule is Cc1cccc(C(=O)N=c2sc3cc(F)ccc3n2C)c1. The minimum absolute atomic E-state index is 0.290. The Morgan fingerprint density at radius 2 is 2.05 bits per heavy atom. The van der Waals surface area contributed by atoms with Crippen LogP contribution in [0.3, 0.4) is 0 Å². The first-order valence-electron chi connectivity index (χ1n) is 6.45. The summed E-state index contributed by atoms with van der Waals surface area (Å²) in [7, 11) is 1.82. The molecule has 3 nitrogen and oxygen atoms in total. The van der Waals surface area contributed by atoms with Gasteiger partial charge in [0, 0.05) is 12.6 Å². The molecule has 21 heavy (non-hydrogen) atoms. The van der Waals surface area contributed by atoms with Gasteiger partial charge in [0.1, 0.15) is 5.82 Å². The molecule has 0 saturated carbocycles. The lowest BCUT2D eigenvalue weighted by molar-refractivity contribution is 0.0998. The average molecular weight is 300 g/mol. The highest BCUT2D eigenvalue weighted by Crippen LogP contribution is 2.17. The Balaban J connectivity index is 2.11. The van der Waals surface area contributed by atoms with Crippen LogP contribution in [-0.4, -0.2) is 10.5 Å². The fraction of sp³-hybridized carbons (Fsp3) is 0.125. The summed E-state index contributed by atoms with van der Waals surface area (Å²) in [6.07, 6.45) is 0. The van der Waals surface area contributed by atoms with E-state index in [0.717, 1.165) is 15.8 Å². The molecule has 1 aromatic heterocycles. The van der Waals surface area contributed by atoms with E-state index in [1.165, 1.54) is 23.5 Å². The van der Waals surface area contributed by atoms with E-state index >= 15 is 0 Å². The summed E-state index contributed by atoms with van der Waals surface area (Å²) in [5, 5.41) is 0. The number of nitrogens with zero attached hydrogens (tertiary/aromatic N) is 2. The molecular formula is C16H13FN2OS. The standard InChI is InChI=1S/C16H13FN2OS/c1-10-4-3-5-11(8-10)15(20)18-16-19(2)13-7-6-12(17)9-14(13)21-16/h3-9H,1-2H3. The molecule has 0 N–H and O–H groups in total. The largest absolute Gasteiger partial charge is 0.319 e. The first kappa shape index (κ1) is 13.7. The number of benzene rings is 2. The van der Waals surface area contributed by atoms with Crippen molar-refractivity contribution in [1.29, 1.82) is 0 Å². The smallest absolute Gasteiger partial charge is 0.279 e. The molecule has 3 aromatic rings. The topological polar surface area (TPSA) is 34.4 Å². The third kappa shape index (κ3) is 2.64. The van der Waals surface area contributed by atoms with Gasteiger partial charge < -0.3 is 4.57 Å². The fourth-order valence-electron chi connectivity index (χ4n) is 2.14. The van der Waals surface area contributed by atoms with Gasteiger partial charge in [0.2, 0.25) is 0 Å². The third-order valence-corrected chi connectivity index (χ3v) is 4.33. The first-order chi connectivity index (χ1) is 10.0. The number of amides is 1. The van der Waals surface area contributed by atoms with E-state index in [4.69, 9.17) is 0 Å². The Bertz CT molecular complexity index is 908. The Morgan fingerprint density at radius 1 is 1.24 bits per heavy atom. The monoisotopic (exact) mass is 300 g/mol. The predicted octanol–water partition coefficient (Wildman–Crippen LogP) is 3.43. The van der Waals surface area contributed by atoms with E-state index in [2.05, 4.69) is 4.99 Å². The molecule has 0 aliphatic heterocycles. The molecular weight excluding hydrogens is 287 g/mol. The van der Waals surface area contributed by atoms with Crippen molar-refractivity contribution in [3.63, 3.8) is 0 Å². The van der Waals surface area contributed by atoms with Crippen LogP contribution in [0.4, 0.5) is 4.39 Å². The first-order valence-corrected chi connectivity index (χ1v) is 7.27. The molecule has 0 aliphatic carbocycles. The van der Waals surface area contributed by atoms with E-state index in [0.29, 0.717) is 10.4 Å². The van der Waals surface area contributed by atoms with Crippen LogP contribution in [0.5, 0.6) is 0 Å². The van der Waals surface area contributed by atoms with E-state index in [1.807, 2.05) is 26.1 Å². The van der Waals surface area contributed by atoms with Gasteiger partial charge in [-0.1, -0.05) is 29.0 Å². The maximum atomic E-state index is 13.2. The van der Waals surface area contributed by atoms with Crippen LogP contribution in [-0.2, 0) is 7.05 Å². The zero-order chi connectivity index (χ0) is 15.0. The summed E-state index contributed by atoms with van der Waals surface area (Å²) in [5.41, 5.74) is 2.43. The number of rotatable bonds is 1. The number of aromatic nitrogens is 1. The molecule has 0 saturated heterocycles. The number of aryl methyl sites for hydroxylation is 2. The summed E-state index contributed by atoms with van der Waals surface area (Å²) >= 11 is 1.30. The molecule has 1 heterocycles. The maximum Gasteiger partial charge on any atom is 0.279 e. The van der Waals surface area contributed by atoms with Crippen molar-refractivity contribution in [2.24, 2.45) is 12.0 Å². The summed E-state index contributed by atoms with van der Waals surface area (Å²) in [5.74, 6) is -0.581. The molecule has 0 atom stereocenters. The normalized spacial score (nSPS) is 12.0. The van der Waals surface area contributed by atoms with E-state index in [1.54, 1.807) is 22.8 Å². The van der Waals surface area contributed by atoms with Gasteiger partial charge in [0.15, 0.2) is 4.80 Å². The number of hydrogen-bond donors (Lipinski definition) is 0. The van der Waals surface area contributed by atoms with Crippen LogP contribution in [0.25, 0.3) is 10.2 Å². The van der Waals surface area contributed by atoms with Gasteiger partial charge in [0.25, 0.3) is 5.91 Å². The van der Waals surface area contributed by atoms with Gasteiger partial charge in [-0.3, -0.25) is 4.79 Å². The second-order valence-corrected chi connectivity index (χ2v) is 5.85. The molecule has 3 rings (SSSR count). The van der Waals surface area contributed by atoms with Crippen LogP contribution < -0.4 is 4.80 Å². The fourth-order valence-corrected chi connectivity index (χ4v) is 3.19. The summed E-state index contributed by atoms with van der Waals surface area (Å²) in [6.45, 7) is 1.93. The molecule has 1 amide bonds. The van der Waals surface area contributed by atoms with Crippen LogP contribution in [0.15, 0.2) is 47.5 Å². The van der Waals surface area contributed by atoms with Crippen LogP contribution >= 0.6 is 11.3 Å². The van der Waals surface area contributed by atoms with Crippen molar-refractivity contribution in [1.82, 2.24) is 4.57 Å². The Kier molecular flexibility index (Phi) is 3.43. The molecule has 0 bridgehead atoms. The zero-order valence-electron chi connectivity index (χ0n) is 11.6. The van der Waals surface area contributed by atoms with Crippen molar-refractivity contribution in [2.45, 2.75) is 6.92 Å². The maximum absolute atomic E-state index is 13.2. The highest BCUT2D eigenvalue weighted by atomic mass is 32.1. The van der Waals surface area contributed by atoms with Crippen LogP contribution in [0.1, 0.15) is 15.9 Å². The molecule has 0 unspecified atom stereocenters. The lowest BCUT2D eigenvalue weighted by Crippen LogP contribution is -2.13. The molecule has 2 aromatic carbocycles. The van der Waals surface area contributed by atoms with Gasteiger partial charge in [-0.15, -0.1) is 0 Å². The summed E-state index contributed by atoms with van der Waals surface area (Å²) in [4.78, 5) is 16.9. The molecule has 5 heteroatoms. The number of hydrogen-bond acceptors (Lipinski definition) is 2. The number of thiazole rings is 1. The van der Waals surface area contributed by atoms with E-state index in [-0.39, 0.29) is 11.7 Å².